The maximum absolute atomic E-state index is 11.7. The van der Waals surface area contributed by atoms with Crippen molar-refractivity contribution < 1.29 is 14.7 Å². The molecular weight excluding hydrogens is 182 g/mol. The van der Waals surface area contributed by atoms with Gasteiger partial charge in [0.25, 0.3) is 0 Å². The van der Waals surface area contributed by atoms with Gasteiger partial charge in [0.15, 0.2) is 0 Å². The van der Waals surface area contributed by atoms with E-state index in [0.29, 0.717) is 12.5 Å². The van der Waals surface area contributed by atoms with Gasteiger partial charge in [-0.3, -0.25) is 9.59 Å². The van der Waals surface area contributed by atoms with E-state index >= 15 is 0 Å². The molecule has 0 bridgehead atoms. The van der Waals surface area contributed by atoms with Crippen LogP contribution in [0.5, 0.6) is 0 Å². The highest BCUT2D eigenvalue weighted by molar-refractivity contribution is 5.85. The van der Waals surface area contributed by atoms with Crippen molar-refractivity contribution in [1.29, 1.82) is 0 Å². The number of amides is 1. The minimum Gasteiger partial charge on any atom is -0.480 e. The van der Waals surface area contributed by atoms with Gasteiger partial charge in [-0.05, 0) is 18.8 Å². The minimum atomic E-state index is -0.930. The van der Waals surface area contributed by atoms with E-state index in [9.17, 15) is 9.59 Å². The number of carbonyl (C=O) groups is 2. The van der Waals surface area contributed by atoms with Crippen molar-refractivity contribution in [1.82, 2.24) is 4.90 Å². The average molecular weight is 199 g/mol. The summed E-state index contributed by atoms with van der Waals surface area (Å²) < 4.78 is 0. The highest BCUT2D eigenvalue weighted by Gasteiger charge is 2.41. The Morgan fingerprint density at radius 1 is 1.50 bits per heavy atom. The van der Waals surface area contributed by atoms with Crippen LogP contribution in [-0.2, 0) is 9.59 Å². The Bertz CT molecular complexity index is 240. The van der Waals surface area contributed by atoms with Gasteiger partial charge in [0, 0.05) is 12.5 Å². The van der Waals surface area contributed by atoms with Crippen molar-refractivity contribution in [2.75, 3.05) is 13.1 Å². The molecule has 0 aromatic rings. The van der Waals surface area contributed by atoms with E-state index in [4.69, 9.17) is 5.11 Å². The third-order valence-electron chi connectivity index (χ3n) is 2.56. The second kappa shape index (κ2) is 4.44. The molecule has 0 spiro atoms. The van der Waals surface area contributed by atoms with Crippen LogP contribution in [0.1, 0.15) is 26.7 Å². The molecule has 1 fully saturated rings. The van der Waals surface area contributed by atoms with Crippen LogP contribution in [0.25, 0.3) is 0 Å². The van der Waals surface area contributed by atoms with Crippen molar-refractivity contribution >= 4 is 11.9 Å². The summed E-state index contributed by atoms with van der Waals surface area (Å²) in [6, 6.07) is 0. The fraction of sp³-hybridized carbons (Fsp3) is 0.800. The van der Waals surface area contributed by atoms with Crippen LogP contribution < -0.4 is 0 Å². The molecule has 2 atom stereocenters. The second-order valence-electron chi connectivity index (χ2n) is 3.97. The first-order valence-corrected chi connectivity index (χ1v) is 5.06. The topological polar surface area (TPSA) is 57.6 Å². The summed E-state index contributed by atoms with van der Waals surface area (Å²) in [5.41, 5.74) is 0. The first kappa shape index (κ1) is 11.0. The predicted molar refractivity (Wildman–Crippen MR) is 51.8 cm³/mol. The lowest BCUT2D eigenvalue weighted by atomic mass is 10.2. The Balaban J connectivity index is 2.48. The number of carbonyl (C=O) groups excluding carboxylic acids is 1. The molecule has 1 aliphatic carbocycles. The molecule has 0 heterocycles. The van der Waals surface area contributed by atoms with Crippen LogP contribution >= 0.6 is 0 Å². The minimum absolute atomic E-state index is 0.0155. The van der Waals surface area contributed by atoms with Crippen molar-refractivity contribution in [2.45, 2.75) is 26.7 Å². The van der Waals surface area contributed by atoms with Gasteiger partial charge in [0.1, 0.15) is 6.54 Å². The fourth-order valence-corrected chi connectivity index (χ4v) is 1.60. The summed E-state index contributed by atoms with van der Waals surface area (Å²) in [5.74, 6) is -0.390. The number of nitrogens with zero attached hydrogens (tertiary/aromatic N) is 1. The lowest BCUT2D eigenvalue weighted by Gasteiger charge is -2.19. The van der Waals surface area contributed by atoms with Crippen LogP contribution in [0.3, 0.4) is 0 Å². The zero-order valence-electron chi connectivity index (χ0n) is 8.69. The Hall–Kier alpha value is -1.06. The molecule has 1 aliphatic rings. The maximum atomic E-state index is 11.7. The molecule has 4 heteroatoms. The van der Waals surface area contributed by atoms with Gasteiger partial charge >= 0.3 is 5.97 Å². The van der Waals surface area contributed by atoms with Gasteiger partial charge in [-0.25, -0.2) is 0 Å². The normalized spacial score (nSPS) is 24.4. The van der Waals surface area contributed by atoms with Crippen molar-refractivity contribution in [2.24, 2.45) is 11.8 Å². The van der Waals surface area contributed by atoms with Crippen molar-refractivity contribution in [3.63, 3.8) is 0 Å². The van der Waals surface area contributed by atoms with Crippen LogP contribution in [0.2, 0.25) is 0 Å². The maximum Gasteiger partial charge on any atom is 0.323 e. The molecule has 4 nitrogen and oxygen atoms in total. The molecular formula is C10H17NO3. The summed E-state index contributed by atoms with van der Waals surface area (Å²) >= 11 is 0. The van der Waals surface area contributed by atoms with E-state index in [1.54, 1.807) is 0 Å². The molecule has 14 heavy (non-hydrogen) atoms. The van der Waals surface area contributed by atoms with E-state index in [1.807, 2.05) is 13.8 Å². The van der Waals surface area contributed by atoms with Crippen molar-refractivity contribution in [3.05, 3.63) is 0 Å². The first-order chi connectivity index (χ1) is 6.56. The molecule has 80 valence electrons. The SMILES string of the molecule is CCCN(CC(=O)O)C(=O)C1CC1C. The van der Waals surface area contributed by atoms with Gasteiger partial charge < -0.3 is 10.0 Å². The number of aliphatic carboxylic acids is 1. The zero-order valence-corrected chi connectivity index (χ0v) is 8.69. The number of carboxylic acid groups (broad SMARTS) is 1. The summed E-state index contributed by atoms with van der Waals surface area (Å²) in [6.07, 6.45) is 1.72. The number of hydrogen-bond acceptors (Lipinski definition) is 2. The summed E-state index contributed by atoms with van der Waals surface area (Å²) in [7, 11) is 0. The van der Waals surface area contributed by atoms with Gasteiger partial charge in [-0.15, -0.1) is 0 Å². The fourth-order valence-electron chi connectivity index (χ4n) is 1.60. The number of carboxylic acids is 1. The van der Waals surface area contributed by atoms with Gasteiger partial charge in [-0.1, -0.05) is 13.8 Å². The molecule has 0 aromatic carbocycles. The Kier molecular flexibility index (Phi) is 3.49. The molecule has 1 saturated carbocycles. The van der Waals surface area contributed by atoms with Gasteiger partial charge in [0.05, 0.1) is 0 Å². The number of rotatable bonds is 5. The average Bonchev–Trinajstić information content (AvgIpc) is 2.80. The molecule has 1 amide bonds. The highest BCUT2D eigenvalue weighted by Crippen LogP contribution is 2.39. The number of hydrogen-bond donors (Lipinski definition) is 1. The van der Waals surface area contributed by atoms with E-state index < -0.39 is 5.97 Å². The molecule has 0 aromatic heterocycles. The third-order valence-corrected chi connectivity index (χ3v) is 2.56. The monoisotopic (exact) mass is 199 g/mol. The van der Waals surface area contributed by atoms with E-state index in [2.05, 4.69) is 0 Å². The smallest absolute Gasteiger partial charge is 0.323 e. The molecule has 0 radical (unpaired) electrons. The van der Waals surface area contributed by atoms with E-state index in [-0.39, 0.29) is 18.4 Å². The molecule has 1 N–H and O–H groups in total. The predicted octanol–water partition coefficient (Wildman–Crippen LogP) is 0.966. The Labute approximate surface area is 83.9 Å². The molecule has 1 rings (SSSR count). The molecule has 0 aliphatic heterocycles. The third kappa shape index (κ3) is 2.72. The summed E-state index contributed by atoms with van der Waals surface area (Å²) in [5, 5.41) is 8.63. The van der Waals surface area contributed by atoms with Gasteiger partial charge in [-0.2, -0.15) is 0 Å². The Morgan fingerprint density at radius 3 is 2.43 bits per heavy atom. The van der Waals surface area contributed by atoms with Crippen LogP contribution in [0.4, 0.5) is 0 Å². The summed E-state index contributed by atoms with van der Waals surface area (Å²) in [6.45, 7) is 4.36. The first-order valence-electron chi connectivity index (χ1n) is 5.06. The quantitative estimate of drug-likeness (QED) is 0.717. The van der Waals surface area contributed by atoms with Crippen LogP contribution in [0.15, 0.2) is 0 Å². The van der Waals surface area contributed by atoms with Crippen LogP contribution in [0, 0.1) is 11.8 Å². The lowest BCUT2D eigenvalue weighted by molar-refractivity contribution is -0.145. The van der Waals surface area contributed by atoms with Crippen molar-refractivity contribution in [3.8, 4) is 0 Å². The lowest BCUT2D eigenvalue weighted by Crippen LogP contribution is -2.37. The van der Waals surface area contributed by atoms with E-state index in [1.165, 1.54) is 4.90 Å². The van der Waals surface area contributed by atoms with Gasteiger partial charge in [0.2, 0.25) is 5.91 Å². The summed E-state index contributed by atoms with van der Waals surface area (Å²) in [4.78, 5) is 23.7. The zero-order chi connectivity index (χ0) is 10.7. The molecule has 2 unspecified atom stereocenters. The largest absolute Gasteiger partial charge is 0.480 e. The molecule has 0 saturated heterocycles. The van der Waals surface area contributed by atoms with E-state index in [0.717, 1.165) is 12.8 Å². The second-order valence-corrected chi connectivity index (χ2v) is 3.97. The standard InChI is InChI=1S/C10H17NO3/c1-3-4-11(6-9(12)13)10(14)8-5-7(8)2/h7-8H,3-6H2,1-2H3,(H,12,13). The van der Waals surface area contributed by atoms with Crippen LogP contribution in [-0.4, -0.2) is 35.0 Å². The highest BCUT2D eigenvalue weighted by atomic mass is 16.4. The Morgan fingerprint density at radius 2 is 2.07 bits per heavy atom.